The van der Waals surface area contributed by atoms with Crippen LogP contribution in [0.25, 0.3) is 0 Å². The van der Waals surface area contributed by atoms with E-state index in [-0.39, 0.29) is 0 Å². The third kappa shape index (κ3) is 2.04. The number of hydrogen-bond donors (Lipinski definition) is 1. The van der Waals surface area contributed by atoms with Gasteiger partial charge in [0.1, 0.15) is 5.82 Å². The number of aliphatic hydroxyl groups is 1. The summed E-state index contributed by atoms with van der Waals surface area (Å²) < 4.78 is 4.15. The van der Waals surface area contributed by atoms with Crippen LogP contribution in [0.15, 0.2) is 0 Å². The van der Waals surface area contributed by atoms with Gasteiger partial charge in [-0.3, -0.25) is 0 Å². The van der Waals surface area contributed by atoms with E-state index in [1.807, 2.05) is 13.8 Å². The normalized spacial score (nSPS) is 28.1. The lowest BCUT2D eigenvalue weighted by Gasteiger charge is -2.36. The topological polar surface area (TPSA) is 49.2 Å². The molecule has 0 aromatic carbocycles. The van der Waals surface area contributed by atoms with Crippen LogP contribution in [-0.2, 0) is 0 Å². The summed E-state index contributed by atoms with van der Waals surface area (Å²) in [5.41, 5.74) is -0.572. The molecule has 1 atom stereocenters. The van der Waals surface area contributed by atoms with Crippen molar-refractivity contribution in [3.8, 4) is 0 Å². The molecular formula is C9H15N3OS. The minimum atomic E-state index is -0.572. The summed E-state index contributed by atoms with van der Waals surface area (Å²) in [6.45, 7) is 5.42. The molecular weight excluding hydrogens is 198 g/mol. The van der Waals surface area contributed by atoms with Crippen LogP contribution in [0.2, 0.25) is 0 Å². The molecule has 5 heteroatoms. The Labute approximate surface area is 87.8 Å². The second-order valence-electron chi connectivity index (χ2n) is 4.15. The first kappa shape index (κ1) is 9.86. The van der Waals surface area contributed by atoms with Crippen LogP contribution in [0.1, 0.15) is 25.6 Å². The average Bonchev–Trinajstić information content (AvgIpc) is 2.50. The molecule has 0 saturated carbocycles. The monoisotopic (exact) mass is 213 g/mol. The van der Waals surface area contributed by atoms with Crippen LogP contribution >= 0.6 is 11.5 Å². The molecule has 2 heterocycles. The second-order valence-corrected chi connectivity index (χ2v) is 4.88. The summed E-state index contributed by atoms with van der Waals surface area (Å²) in [7, 11) is 0. The van der Waals surface area contributed by atoms with Crippen molar-refractivity contribution in [2.75, 3.05) is 18.0 Å². The van der Waals surface area contributed by atoms with Crippen LogP contribution < -0.4 is 4.90 Å². The maximum Gasteiger partial charge on any atom is 0.205 e. The van der Waals surface area contributed by atoms with Crippen LogP contribution in [-0.4, -0.2) is 33.2 Å². The van der Waals surface area contributed by atoms with Crippen molar-refractivity contribution in [3.63, 3.8) is 0 Å². The molecule has 2 rings (SSSR count). The summed E-state index contributed by atoms with van der Waals surface area (Å²) in [6.07, 6.45) is 1.90. The Morgan fingerprint density at radius 3 is 2.93 bits per heavy atom. The first-order chi connectivity index (χ1) is 6.57. The zero-order valence-electron chi connectivity index (χ0n) is 8.53. The molecule has 0 radical (unpaired) electrons. The van der Waals surface area contributed by atoms with E-state index in [4.69, 9.17) is 0 Å². The maximum absolute atomic E-state index is 9.93. The molecule has 4 nitrogen and oxygen atoms in total. The molecule has 14 heavy (non-hydrogen) atoms. The molecule has 1 aromatic rings. The summed E-state index contributed by atoms with van der Waals surface area (Å²) in [6, 6.07) is 0. The van der Waals surface area contributed by atoms with Gasteiger partial charge in [-0.1, -0.05) is 0 Å². The van der Waals surface area contributed by atoms with E-state index >= 15 is 0 Å². The van der Waals surface area contributed by atoms with Gasteiger partial charge in [-0.25, -0.2) is 4.98 Å². The fourth-order valence-corrected chi connectivity index (χ4v) is 2.50. The molecule has 1 N–H and O–H groups in total. The van der Waals surface area contributed by atoms with Crippen molar-refractivity contribution in [1.29, 1.82) is 0 Å². The quantitative estimate of drug-likeness (QED) is 0.761. The number of nitrogens with zero attached hydrogens (tertiary/aromatic N) is 3. The van der Waals surface area contributed by atoms with E-state index < -0.39 is 5.60 Å². The predicted octanol–water partition coefficient (Wildman–Crippen LogP) is 1.20. The van der Waals surface area contributed by atoms with Gasteiger partial charge in [0.05, 0.1) is 5.60 Å². The lowest BCUT2D eigenvalue weighted by Crippen LogP contribution is -2.46. The van der Waals surface area contributed by atoms with Crippen molar-refractivity contribution in [3.05, 3.63) is 5.82 Å². The number of β-amino-alcohol motifs (C(OH)–C–C–N with tert-alkyl or cyclic N) is 1. The maximum atomic E-state index is 9.93. The molecule has 0 bridgehead atoms. The van der Waals surface area contributed by atoms with E-state index in [1.54, 1.807) is 0 Å². The molecule has 1 aliphatic rings. The fourth-order valence-electron chi connectivity index (χ4n) is 1.80. The zero-order valence-corrected chi connectivity index (χ0v) is 9.34. The number of rotatable bonds is 1. The molecule has 0 spiro atoms. The lowest BCUT2D eigenvalue weighted by atomic mass is 9.96. The minimum Gasteiger partial charge on any atom is -0.388 e. The third-order valence-electron chi connectivity index (χ3n) is 2.46. The Morgan fingerprint density at radius 2 is 2.36 bits per heavy atom. The van der Waals surface area contributed by atoms with Gasteiger partial charge in [0.25, 0.3) is 0 Å². The summed E-state index contributed by atoms with van der Waals surface area (Å²) in [5.74, 6) is 0.815. The SMILES string of the molecule is Cc1nsc(N2CCCC(C)(O)C2)n1. The molecule has 1 saturated heterocycles. The Morgan fingerprint density at radius 1 is 1.57 bits per heavy atom. The standard InChI is InChI=1S/C9H15N3OS/c1-7-10-8(14-11-7)12-5-3-4-9(2,13)6-12/h13H,3-6H2,1-2H3. The van der Waals surface area contributed by atoms with Gasteiger partial charge in [0, 0.05) is 24.6 Å². The zero-order chi connectivity index (χ0) is 10.2. The Hall–Kier alpha value is -0.680. The third-order valence-corrected chi connectivity index (χ3v) is 3.33. The highest BCUT2D eigenvalue weighted by Crippen LogP contribution is 2.26. The number of piperidine rings is 1. The highest BCUT2D eigenvalue weighted by molar-refractivity contribution is 7.09. The van der Waals surface area contributed by atoms with Gasteiger partial charge in [-0.15, -0.1) is 0 Å². The van der Waals surface area contributed by atoms with Gasteiger partial charge >= 0.3 is 0 Å². The first-order valence-corrected chi connectivity index (χ1v) is 5.62. The highest BCUT2D eigenvalue weighted by Gasteiger charge is 2.29. The fraction of sp³-hybridized carbons (Fsp3) is 0.778. The van der Waals surface area contributed by atoms with Gasteiger partial charge in [0.15, 0.2) is 0 Å². The van der Waals surface area contributed by atoms with Crippen molar-refractivity contribution < 1.29 is 5.11 Å². The summed E-state index contributed by atoms with van der Waals surface area (Å²) in [4.78, 5) is 6.44. The van der Waals surface area contributed by atoms with Crippen LogP contribution in [0.5, 0.6) is 0 Å². The van der Waals surface area contributed by atoms with Crippen molar-refractivity contribution in [2.24, 2.45) is 0 Å². The average molecular weight is 213 g/mol. The summed E-state index contributed by atoms with van der Waals surface area (Å²) >= 11 is 1.41. The van der Waals surface area contributed by atoms with Gasteiger partial charge < -0.3 is 10.0 Å². The summed E-state index contributed by atoms with van der Waals surface area (Å²) in [5, 5.41) is 10.9. The lowest BCUT2D eigenvalue weighted by molar-refractivity contribution is 0.0449. The van der Waals surface area contributed by atoms with Crippen molar-refractivity contribution in [2.45, 2.75) is 32.3 Å². The molecule has 0 amide bonds. The van der Waals surface area contributed by atoms with E-state index in [0.717, 1.165) is 30.3 Å². The number of hydrogen-bond acceptors (Lipinski definition) is 5. The van der Waals surface area contributed by atoms with Gasteiger partial charge in [-0.05, 0) is 26.7 Å². The number of aryl methyl sites for hydroxylation is 1. The van der Waals surface area contributed by atoms with Gasteiger partial charge in [-0.2, -0.15) is 4.37 Å². The molecule has 78 valence electrons. The Bertz CT molecular complexity index is 324. The van der Waals surface area contributed by atoms with Crippen molar-refractivity contribution in [1.82, 2.24) is 9.36 Å². The van der Waals surface area contributed by atoms with Crippen LogP contribution in [0.3, 0.4) is 0 Å². The minimum absolute atomic E-state index is 0.572. The number of anilines is 1. The largest absolute Gasteiger partial charge is 0.388 e. The van der Waals surface area contributed by atoms with E-state index in [9.17, 15) is 5.11 Å². The Balaban J connectivity index is 2.12. The van der Waals surface area contributed by atoms with E-state index in [2.05, 4.69) is 14.3 Å². The molecule has 0 aliphatic carbocycles. The second kappa shape index (κ2) is 3.47. The smallest absolute Gasteiger partial charge is 0.205 e. The van der Waals surface area contributed by atoms with Crippen LogP contribution in [0.4, 0.5) is 5.13 Å². The molecule has 1 unspecified atom stereocenters. The Kier molecular flexibility index (Phi) is 2.45. The number of aromatic nitrogens is 2. The van der Waals surface area contributed by atoms with E-state index in [0.29, 0.717) is 6.54 Å². The van der Waals surface area contributed by atoms with E-state index in [1.165, 1.54) is 11.5 Å². The van der Waals surface area contributed by atoms with Crippen LogP contribution in [0, 0.1) is 6.92 Å². The predicted molar refractivity (Wildman–Crippen MR) is 56.7 cm³/mol. The molecule has 1 fully saturated rings. The molecule has 1 aliphatic heterocycles. The van der Waals surface area contributed by atoms with Gasteiger partial charge in [0.2, 0.25) is 5.13 Å². The first-order valence-electron chi connectivity index (χ1n) is 4.84. The molecule has 1 aromatic heterocycles. The highest BCUT2D eigenvalue weighted by atomic mass is 32.1. The van der Waals surface area contributed by atoms with Crippen molar-refractivity contribution >= 4 is 16.7 Å².